The maximum atomic E-state index is 13.6. The average molecular weight is 459 g/mol. The number of aromatic nitrogens is 3. The first-order valence-corrected chi connectivity index (χ1v) is 11.4. The number of nitrogens with zero attached hydrogens (tertiary/aromatic N) is 2. The third-order valence-electron chi connectivity index (χ3n) is 5.12. The molecule has 5 aromatic rings. The van der Waals surface area contributed by atoms with Gasteiger partial charge in [-0.05, 0) is 32.4 Å². The maximum Gasteiger partial charge on any atom is 0.421 e. The molecule has 0 fully saturated rings. The summed E-state index contributed by atoms with van der Waals surface area (Å²) in [5.41, 5.74) is 2.68. The van der Waals surface area contributed by atoms with Crippen LogP contribution in [0.1, 0.15) is 20.8 Å². The number of hydrogen-bond acceptors (Lipinski definition) is 5. The van der Waals surface area contributed by atoms with Crippen LogP contribution in [0.15, 0.2) is 71.0 Å². The molecule has 0 aliphatic rings. The summed E-state index contributed by atoms with van der Waals surface area (Å²) in [6, 6.07) is 17.3. The molecular formula is C25H22N4O3S. The maximum absolute atomic E-state index is 13.6. The van der Waals surface area contributed by atoms with Crippen LogP contribution in [0.5, 0.6) is 0 Å². The van der Waals surface area contributed by atoms with Crippen molar-refractivity contribution >= 4 is 50.2 Å². The van der Waals surface area contributed by atoms with Crippen LogP contribution in [-0.2, 0) is 4.74 Å². The summed E-state index contributed by atoms with van der Waals surface area (Å²) in [7, 11) is 0. The van der Waals surface area contributed by atoms with Gasteiger partial charge in [0.15, 0.2) is 5.13 Å². The molecule has 3 aromatic heterocycles. The van der Waals surface area contributed by atoms with Crippen molar-refractivity contribution in [1.82, 2.24) is 15.0 Å². The number of anilines is 2. The van der Waals surface area contributed by atoms with Crippen LogP contribution in [0.4, 0.5) is 15.6 Å². The van der Waals surface area contributed by atoms with Crippen LogP contribution < -0.4 is 10.5 Å². The number of para-hydroxylation sites is 1. The van der Waals surface area contributed by atoms with Gasteiger partial charge in [0.05, 0.1) is 11.0 Å². The molecule has 0 atom stereocenters. The van der Waals surface area contributed by atoms with Crippen molar-refractivity contribution in [3.05, 3.63) is 76.5 Å². The van der Waals surface area contributed by atoms with Gasteiger partial charge in [-0.2, -0.15) is 0 Å². The first-order chi connectivity index (χ1) is 15.8. The summed E-state index contributed by atoms with van der Waals surface area (Å²) in [6.07, 6.45) is 0.922. The average Bonchev–Trinajstić information content (AvgIpc) is 3.42. The van der Waals surface area contributed by atoms with E-state index < -0.39 is 17.3 Å². The molecule has 8 heteroatoms. The van der Waals surface area contributed by atoms with Crippen molar-refractivity contribution in [1.29, 1.82) is 0 Å². The lowest BCUT2D eigenvalue weighted by Crippen LogP contribution is -2.36. The zero-order valence-electron chi connectivity index (χ0n) is 18.4. The molecule has 2 N–H and O–H groups in total. The van der Waals surface area contributed by atoms with Crippen LogP contribution in [0, 0.1) is 0 Å². The summed E-state index contributed by atoms with van der Waals surface area (Å²) in [5.74, 6) is 0. The SMILES string of the molecule is CC(C)(C)OC(=O)N(c1nccs1)c1c(-c2ccccc2)c2[nH]c3ccccc3c2[nH]c1=O. The monoisotopic (exact) mass is 458 g/mol. The molecule has 0 aliphatic carbocycles. The van der Waals surface area contributed by atoms with Gasteiger partial charge < -0.3 is 14.7 Å². The normalized spacial score (nSPS) is 11.7. The number of pyridine rings is 1. The molecular weight excluding hydrogens is 436 g/mol. The van der Waals surface area contributed by atoms with E-state index in [1.165, 1.54) is 16.2 Å². The number of nitrogens with one attached hydrogen (secondary N) is 2. The van der Waals surface area contributed by atoms with Crippen LogP contribution in [0.3, 0.4) is 0 Å². The van der Waals surface area contributed by atoms with Crippen molar-refractivity contribution in [3.8, 4) is 11.1 Å². The highest BCUT2D eigenvalue weighted by Crippen LogP contribution is 2.40. The standard InChI is InChI=1S/C25H22N4O3S/c1-25(2,3)32-24(31)29(23-26-13-14-33-23)21-18(15-9-5-4-6-10-15)20-19(28-22(21)30)16-11-7-8-12-17(16)27-20/h4-14,27H,1-3H3,(H,28,30). The molecule has 166 valence electrons. The minimum atomic E-state index is -0.753. The Morgan fingerprint density at radius 1 is 1.00 bits per heavy atom. The third-order valence-corrected chi connectivity index (χ3v) is 5.88. The Hall–Kier alpha value is -3.91. The van der Waals surface area contributed by atoms with Gasteiger partial charge in [-0.3, -0.25) is 4.79 Å². The number of ether oxygens (including phenoxy) is 1. The molecule has 0 unspecified atom stereocenters. The van der Waals surface area contributed by atoms with Gasteiger partial charge in [-0.1, -0.05) is 48.5 Å². The van der Waals surface area contributed by atoms with Crippen molar-refractivity contribution in [3.63, 3.8) is 0 Å². The molecule has 3 heterocycles. The van der Waals surface area contributed by atoms with Gasteiger partial charge in [-0.15, -0.1) is 11.3 Å². The number of hydrogen-bond donors (Lipinski definition) is 2. The molecule has 5 rings (SSSR count). The highest BCUT2D eigenvalue weighted by atomic mass is 32.1. The lowest BCUT2D eigenvalue weighted by Gasteiger charge is -2.26. The van der Waals surface area contributed by atoms with E-state index >= 15 is 0 Å². The van der Waals surface area contributed by atoms with E-state index in [1.807, 2.05) is 54.6 Å². The number of H-pyrrole nitrogens is 2. The summed E-state index contributed by atoms with van der Waals surface area (Å²) in [6.45, 7) is 5.36. The van der Waals surface area contributed by atoms with Crippen LogP contribution in [0.25, 0.3) is 33.1 Å². The Balaban J connectivity index is 1.88. The number of rotatable bonds is 3. The minimum Gasteiger partial charge on any atom is -0.443 e. The van der Waals surface area contributed by atoms with Crippen LogP contribution >= 0.6 is 11.3 Å². The van der Waals surface area contributed by atoms with Crippen molar-refractivity contribution in [2.24, 2.45) is 0 Å². The van der Waals surface area contributed by atoms with E-state index in [0.717, 1.165) is 22.0 Å². The number of amides is 1. The number of thiazole rings is 1. The Morgan fingerprint density at radius 3 is 2.42 bits per heavy atom. The molecule has 33 heavy (non-hydrogen) atoms. The minimum absolute atomic E-state index is 0.157. The Bertz CT molecular complexity index is 1510. The largest absolute Gasteiger partial charge is 0.443 e. The van der Waals surface area contributed by atoms with E-state index in [9.17, 15) is 9.59 Å². The second-order valence-corrected chi connectivity index (χ2v) is 9.47. The second kappa shape index (κ2) is 7.90. The summed E-state index contributed by atoms with van der Waals surface area (Å²) in [5, 5.41) is 3.00. The van der Waals surface area contributed by atoms with Gasteiger partial charge in [0.1, 0.15) is 11.3 Å². The molecule has 7 nitrogen and oxygen atoms in total. The van der Waals surface area contributed by atoms with Crippen LogP contribution in [0.2, 0.25) is 0 Å². The first kappa shape index (κ1) is 21.0. The molecule has 1 amide bonds. The first-order valence-electron chi connectivity index (χ1n) is 10.5. The Kier molecular flexibility index (Phi) is 5.02. The number of carbonyl (C=O) groups is 1. The lowest BCUT2D eigenvalue weighted by molar-refractivity contribution is 0.0599. The van der Waals surface area contributed by atoms with E-state index in [4.69, 9.17) is 4.74 Å². The summed E-state index contributed by atoms with van der Waals surface area (Å²) >= 11 is 1.25. The number of benzene rings is 2. The molecule has 0 radical (unpaired) electrons. The fourth-order valence-corrected chi connectivity index (χ4v) is 4.50. The number of aromatic amines is 2. The lowest BCUT2D eigenvalue weighted by atomic mass is 10.0. The molecule has 0 bridgehead atoms. The number of fused-ring (bicyclic) bond motifs is 3. The summed E-state index contributed by atoms with van der Waals surface area (Å²) < 4.78 is 5.69. The van der Waals surface area contributed by atoms with Gasteiger partial charge in [0.25, 0.3) is 5.56 Å². The van der Waals surface area contributed by atoms with Crippen molar-refractivity contribution < 1.29 is 9.53 Å². The number of carbonyl (C=O) groups excluding carboxylic acids is 1. The molecule has 0 aliphatic heterocycles. The highest BCUT2D eigenvalue weighted by Gasteiger charge is 2.32. The van der Waals surface area contributed by atoms with Gasteiger partial charge in [0, 0.05) is 28.0 Å². The van der Waals surface area contributed by atoms with Crippen LogP contribution in [-0.4, -0.2) is 26.6 Å². The molecule has 0 spiro atoms. The Morgan fingerprint density at radius 2 is 1.73 bits per heavy atom. The zero-order valence-corrected chi connectivity index (χ0v) is 19.2. The van der Waals surface area contributed by atoms with Gasteiger partial charge in [0.2, 0.25) is 0 Å². The topological polar surface area (TPSA) is 91.1 Å². The predicted molar refractivity (Wildman–Crippen MR) is 132 cm³/mol. The molecule has 0 saturated carbocycles. The van der Waals surface area contributed by atoms with E-state index in [2.05, 4.69) is 15.0 Å². The fraction of sp³-hybridized carbons (Fsp3) is 0.160. The predicted octanol–water partition coefficient (Wildman–Crippen LogP) is 6.21. The van der Waals surface area contributed by atoms with E-state index in [0.29, 0.717) is 16.2 Å². The Labute approximate surface area is 193 Å². The zero-order chi connectivity index (χ0) is 23.2. The summed E-state index contributed by atoms with van der Waals surface area (Å²) in [4.78, 5) is 39.1. The molecule has 0 saturated heterocycles. The fourth-order valence-electron chi connectivity index (χ4n) is 3.86. The smallest absolute Gasteiger partial charge is 0.421 e. The third kappa shape index (κ3) is 3.78. The van der Waals surface area contributed by atoms with Gasteiger partial charge >= 0.3 is 6.09 Å². The van der Waals surface area contributed by atoms with Crippen molar-refractivity contribution in [2.75, 3.05) is 4.90 Å². The van der Waals surface area contributed by atoms with Crippen molar-refractivity contribution in [2.45, 2.75) is 26.4 Å². The second-order valence-electron chi connectivity index (χ2n) is 8.59. The van der Waals surface area contributed by atoms with E-state index in [-0.39, 0.29) is 5.69 Å². The van der Waals surface area contributed by atoms with Gasteiger partial charge in [-0.25, -0.2) is 14.7 Å². The molecule has 2 aromatic carbocycles. The quantitative estimate of drug-likeness (QED) is 0.336. The highest BCUT2D eigenvalue weighted by molar-refractivity contribution is 7.13. The van der Waals surface area contributed by atoms with E-state index in [1.54, 1.807) is 32.3 Å².